The summed E-state index contributed by atoms with van der Waals surface area (Å²) in [5.74, 6) is -1.28. The third-order valence-corrected chi connectivity index (χ3v) is 2.97. The second-order valence-corrected chi connectivity index (χ2v) is 6.14. The van der Waals surface area contributed by atoms with Gasteiger partial charge in [0.05, 0.1) is 7.11 Å². The number of nitrogens with one attached hydrogen (secondary N) is 1. The number of amides is 1. The molecule has 1 amide bonds. The molecule has 24 heavy (non-hydrogen) atoms. The van der Waals surface area contributed by atoms with Gasteiger partial charge in [-0.2, -0.15) is 4.91 Å². The number of alkyl carbamates (subject to hydrolysis) is 1. The molecule has 0 aliphatic rings. The predicted molar refractivity (Wildman–Crippen MR) is 84.8 cm³/mol. The summed E-state index contributed by atoms with van der Waals surface area (Å²) in [4.78, 5) is 33.9. The maximum absolute atomic E-state index is 13.8. The maximum atomic E-state index is 13.8. The van der Waals surface area contributed by atoms with E-state index in [9.17, 15) is 18.9 Å². The van der Waals surface area contributed by atoms with Crippen LogP contribution in [0, 0.1) is 10.7 Å². The van der Waals surface area contributed by atoms with E-state index in [1.54, 1.807) is 26.8 Å². The molecular weight excluding hydrogens is 319 g/mol. The van der Waals surface area contributed by atoms with Crippen LogP contribution in [0.1, 0.15) is 31.9 Å². The fourth-order valence-electron chi connectivity index (χ4n) is 1.94. The van der Waals surface area contributed by atoms with Gasteiger partial charge in [0.25, 0.3) is 0 Å². The van der Waals surface area contributed by atoms with Crippen LogP contribution in [0.25, 0.3) is 0 Å². The highest BCUT2D eigenvalue weighted by Crippen LogP contribution is 2.14. The lowest BCUT2D eigenvalue weighted by atomic mass is 10.0. The molecule has 132 valence electrons. The molecule has 1 rings (SSSR count). The monoisotopic (exact) mass is 340 g/mol. The molecule has 0 radical (unpaired) electrons. The van der Waals surface area contributed by atoms with Gasteiger partial charge in [0.1, 0.15) is 24.0 Å². The van der Waals surface area contributed by atoms with Crippen molar-refractivity contribution >= 4 is 12.1 Å². The Balaban J connectivity index is 2.86. The number of hydrogen-bond donors (Lipinski definition) is 1. The van der Waals surface area contributed by atoms with Crippen molar-refractivity contribution in [3.63, 3.8) is 0 Å². The first-order valence-corrected chi connectivity index (χ1v) is 7.30. The quantitative estimate of drug-likeness (QED) is 0.635. The average molecular weight is 340 g/mol. The lowest BCUT2D eigenvalue weighted by molar-refractivity contribution is -0.143. The number of nitroso groups, excluding NO2 is 1. The maximum Gasteiger partial charge on any atom is 0.408 e. The van der Waals surface area contributed by atoms with Gasteiger partial charge in [-0.25, -0.2) is 14.0 Å². The first-order chi connectivity index (χ1) is 11.2. The molecule has 0 aromatic heterocycles. The Kier molecular flexibility index (Phi) is 6.82. The summed E-state index contributed by atoms with van der Waals surface area (Å²) in [6, 6.07) is 3.12. The van der Waals surface area contributed by atoms with Crippen LogP contribution in [0.5, 0.6) is 0 Å². The first-order valence-electron chi connectivity index (χ1n) is 7.30. The van der Waals surface area contributed by atoms with Gasteiger partial charge in [0.2, 0.25) is 0 Å². The van der Waals surface area contributed by atoms with Crippen LogP contribution >= 0.6 is 0 Å². The topological polar surface area (TPSA) is 94.1 Å². The molecule has 1 atom stereocenters. The van der Waals surface area contributed by atoms with Crippen LogP contribution < -0.4 is 5.32 Å². The number of benzene rings is 1. The van der Waals surface area contributed by atoms with Gasteiger partial charge in [-0.1, -0.05) is 17.3 Å². The fourth-order valence-corrected chi connectivity index (χ4v) is 1.94. The molecule has 7 nitrogen and oxygen atoms in total. The third-order valence-electron chi connectivity index (χ3n) is 2.97. The van der Waals surface area contributed by atoms with E-state index in [0.717, 1.165) is 0 Å². The van der Waals surface area contributed by atoms with Gasteiger partial charge in [-0.05, 0) is 32.4 Å². The van der Waals surface area contributed by atoms with Crippen LogP contribution in [0.15, 0.2) is 23.4 Å². The van der Waals surface area contributed by atoms with Crippen LogP contribution in [-0.4, -0.2) is 30.8 Å². The smallest absolute Gasteiger partial charge is 0.408 e. The van der Waals surface area contributed by atoms with E-state index < -0.39 is 29.5 Å². The van der Waals surface area contributed by atoms with Gasteiger partial charge in [0.15, 0.2) is 0 Å². The van der Waals surface area contributed by atoms with E-state index in [1.165, 1.54) is 19.2 Å². The molecule has 1 aromatic carbocycles. The van der Waals surface area contributed by atoms with E-state index in [0.29, 0.717) is 5.56 Å². The van der Waals surface area contributed by atoms with Gasteiger partial charge < -0.3 is 14.8 Å². The van der Waals surface area contributed by atoms with Crippen molar-refractivity contribution in [2.24, 2.45) is 5.18 Å². The second kappa shape index (κ2) is 8.37. The van der Waals surface area contributed by atoms with Gasteiger partial charge in [-0.15, -0.1) is 0 Å². The normalized spacial score (nSPS) is 12.2. The Morgan fingerprint density at radius 2 is 2.00 bits per heavy atom. The molecule has 0 heterocycles. The molecule has 0 aliphatic carbocycles. The Hall–Kier alpha value is -2.51. The Morgan fingerprint density at radius 1 is 1.33 bits per heavy atom. The molecule has 0 fully saturated rings. The van der Waals surface area contributed by atoms with E-state index in [2.05, 4.69) is 15.2 Å². The highest BCUT2D eigenvalue weighted by atomic mass is 19.1. The van der Waals surface area contributed by atoms with E-state index in [4.69, 9.17) is 4.74 Å². The van der Waals surface area contributed by atoms with E-state index in [1.807, 2.05) is 0 Å². The zero-order valence-electron chi connectivity index (χ0n) is 14.1. The molecule has 1 unspecified atom stereocenters. The van der Waals surface area contributed by atoms with E-state index in [-0.39, 0.29) is 18.5 Å². The number of carbonyl (C=O) groups excluding carboxylic acids is 2. The Bertz CT molecular complexity index is 613. The largest absolute Gasteiger partial charge is 0.467 e. The van der Waals surface area contributed by atoms with Crippen molar-refractivity contribution in [2.45, 2.75) is 45.4 Å². The van der Waals surface area contributed by atoms with Crippen molar-refractivity contribution in [2.75, 3.05) is 7.11 Å². The van der Waals surface area contributed by atoms with Gasteiger partial charge >= 0.3 is 12.1 Å². The lowest BCUT2D eigenvalue weighted by Crippen LogP contribution is -2.45. The highest BCUT2D eigenvalue weighted by Gasteiger charge is 2.25. The van der Waals surface area contributed by atoms with Crippen molar-refractivity contribution in [3.05, 3.63) is 40.1 Å². The molecule has 1 N–H and O–H groups in total. The third kappa shape index (κ3) is 6.31. The minimum atomic E-state index is -1.03. The fraction of sp³-hybridized carbons (Fsp3) is 0.500. The number of carbonyl (C=O) groups is 2. The minimum absolute atomic E-state index is 0.0115. The molecule has 0 aliphatic heterocycles. The van der Waals surface area contributed by atoms with Crippen LogP contribution in [0.4, 0.5) is 9.18 Å². The molecule has 0 saturated carbocycles. The number of ether oxygens (including phenoxy) is 2. The van der Waals surface area contributed by atoms with Crippen LogP contribution in [-0.2, 0) is 27.2 Å². The Labute approximate surface area is 139 Å². The zero-order chi connectivity index (χ0) is 18.3. The summed E-state index contributed by atoms with van der Waals surface area (Å²) in [6.07, 6.45) is -0.766. The molecular formula is C16H21FN2O5. The van der Waals surface area contributed by atoms with Crippen molar-refractivity contribution in [1.82, 2.24) is 5.32 Å². The zero-order valence-corrected chi connectivity index (χ0v) is 14.1. The average Bonchev–Trinajstić information content (AvgIpc) is 2.46. The summed E-state index contributed by atoms with van der Waals surface area (Å²) < 4.78 is 23.6. The van der Waals surface area contributed by atoms with Crippen molar-refractivity contribution in [1.29, 1.82) is 0 Å². The SMILES string of the molecule is COC(=O)C(Cc1ccc(CN=O)c(F)c1)NC(=O)OC(C)(C)C. The van der Waals surface area contributed by atoms with Gasteiger partial charge in [0, 0.05) is 12.0 Å². The van der Waals surface area contributed by atoms with E-state index >= 15 is 0 Å². The van der Waals surface area contributed by atoms with Gasteiger partial charge in [-0.3, -0.25) is 0 Å². The summed E-state index contributed by atoms with van der Waals surface area (Å²) in [6.45, 7) is 4.79. The summed E-state index contributed by atoms with van der Waals surface area (Å²) in [7, 11) is 1.19. The highest BCUT2D eigenvalue weighted by molar-refractivity contribution is 5.81. The molecule has 8 heteroatoms. The summed E-state index contributed by atoms with van der Waals surface area (Å²) >= 11 is 0. The van der Waals surface area contributed by atoms with Crippen LogP contribution in [0.3, 0.4) is 0 Å². The number of hydrogen-bond acceptors (Lipinski definition) is 6. The second-order valence-electron chi connectivity index (χ2n) is 6.14. The van der Waals surface area contributed by atoms with Crippen LogP contribution in [0.2, 0.25) is 0 Å². The number of rotatable bonds is 6. The number of esters is 1. The molecule has 0 bridgehead atoms. The number of nitrogens with zero attached hydrogens (tertiary/aromatic N) is 1. The lowest BCUT2D eigenvalue weighted by Gasteiger charge is -2.22. The predicted octanol–water partition coefficient (Wildman–Crippen LogP) is 2.70. The standard InChI is InChI=1S/C16H21FN2O5/c1-16(2,3)24-15(21)19-13(14(20)23-4)8-10-5-6-11(9-18-22)12(17)7-10/h5-7,13H,8-9H2,1-4H3,(H,19,21). The van der Waals surface area contributed by atoms with Crippen molar-refractivity contribution in [3.8, 4) is 0 Å². The number of halogens is 1. The Morgan fingerprint density at radius 3 is 2.50 bits per heavy atom. The number of methoxy groups -OCH3 is 1. The summed E-state index contributed by atoms with van der Waals surface area (Å²) in [5, 5.41) is 5.04. The molecule has 0 spiro atoms. The van der Waals surface area contributed by atoms with Crippen molar-refractivity contribution < 1.29 is 23.5 Å². The molecule has 1 aromatic rings. The molecule has 0 saturated heterocycles. The minimum Gasteiger partial charge on any atom is -0.467 e. The first kappa shape index (κ1) is 19.5. The summed E-state index contributed by atoms with van der Waals surface area (Å²) in [5.41, 5.74) is -0.113.